The van der Waals surface area contributed by atoms with Gasteiger partial charge in [0.2, 0.25) is 0 Å². The van der Waals surface area contributed by atoms with E-state index in [1.165, 1.54) is 18.2 Å². The normalized spacial score (nSPS) is 10.2. The zero-order valence-corrected chi connectivity index (χ0v) is 12.7. The summed E-state index contributed by atoms with van der Waals surface area (Å²) in [7, 11) is 0. The molecule has 1 amide bonds. The first-order valence-corrected chi connectivity index (χ1v) is 6.85. The topological polar surface area (TPSA) is 55.1 Å². The average Bonchev–Trinajstić information content (AvgIpc) is 2.41. The minimum absolute atomic E-state index is 0.110. The molecule has 0 aromatic heterocycles. The number of nitrogens with two attached hydrogens (primary N) is 1. The molecule has 0 bridgehead atoms. The van der Waals surface area contributed by atoms with Crippen LogP contribution >= 0.6 is 23.8 Å². The van der Waals surface area contributed by atoms with Crippen molar-refractivity contribution in [2.24, 2.45) is 5.73 Å². The zero-order valence-electron chi connectivity index (χ0n) is 11.1. The molecule has 2 rings (SSSR count). The molecule has 0 radical (unpaired) electrons. The molecule has 2 aromatic rings. The van der Waals surface area contributed by atoms with Gasteiger partial charge in [-0.05, 0) is 30.7 Å². The maximum atomic E-state index is 13.8. The molecule has 6 heteroatoms. The molecule has 108 valence electrons. The van der Waals surface area contributed by atoms with Crippen LogP contribution in [0, 0.1) is 12.7 Å². The molecule has 0 fully saturated rings. The van der Waals surface area contributed by atoms with E-state index in [1.54, 1.807) is 12.1 Å². The highest BCUT2D eigenvalue weighted by atomic mass is 35.5. The number of amides is 1. The van der Waals surface area contributed by atoms with Gasteiger partial charge < -0.3 is 11.1 Å². The van der Waals surface area contributed by atoms with Crippen molar-refractivity contribution in [3.63, 3.8) is 0 Å². The first-order valence-electron chi connectivity index (χ1n) is 6.06. The molecule has 0 saturated carbocycles. The van der Waals surface area contributed by atoms with Gasteiger partial charge in [0.25, 0.3) is 5.91 Å². The summed E-state index contributed by atoms with van der Waals surface area (Å²) in [5, 5.41) is 2.50. The van der Waals surface area contributed by atoms with Gasteiger partial charge in [-0.1, -0.05) is 42.0 Å². The summed E-state index contributed by atoms with van der Waals surface area (Å²) in [4.78, 5) is 12.3. The lowest BCUT2D eigenvalue weighted by Crippen LogP contribution is -2.19. The maximum Gasteiger partial charge on any atom is 0.258 e. The van der Waals surface area contributed by atoms with Crippen LogP contribution in [0.25, 0.3) is 0 Å². The van der Waals surface area contributed by atoms with Crippen molar-refractivity contribution in [3.8, 4) is 0 Å². The molecule has 0 saturated heterocycles. The fraction of sp³-hybridized carbons (Fsp3) is 0.0667. The largest absolute Gasteiger partial charge is 0.389 e. The Morgan fingerprint density at radius 1 is 1.29 bits per heavy atom. The lowest BCUT2D eigenvalue weighted by molar-refractivity contribution is 0.102. The Bertz CT molecular complexity index is 734. The zero-order chi connectivity index (χ0) is 15.6. The standard InChI is InChI=1S/C15H12ClFN2OS/c1-8-4-2-7-11(12(8)14(18)21)19-15(20)9-5-3-6-10(16)13(9)17/h2-7H,1H3,(H2,18,21)(H,19,20). The molecule has 3 nitrogen and oxygen atoms in total. The first-order chi connectivity index (χ1) is 9.91. The van der Waals surface area contributed by atoms with E-state index in [9.17, 15) is 9.18 Å². The third-order valence-electron chi connectivity index (χ3n) is 2.96. The molecule has 0 atom stereocenters. The van der Waals surface area contributed by atoms with Gasteiger partial charge in [-0.3, -0.25) is 4.79 Å². The Morgan fingerprint density at radius 2 is 1.95 bits per heavy atom. The molecule has 21 heavy (non-hydrogen) atoms. The predicted molar refractivity (Wildman–Crippen MR) is 86.4 cm³/mol. The molecular formula is C15H12ClFN2OS. The van der Waals surface area contributed by atoms with E-state index in [1.807, 2.05) is 13.0 Å². The van der Waals surface area contributed by atoms with Gasteiger partial charge in [-0.2, -0.15) is 0 Å². The molecule has 0 spiro atoms. The summed E-state index contributed by atoms with van der Waals surface area (Å²) < 4.78 is 13.8. The molecule has 3 N–H and O–H groups in total. The second kappa shape index (κ2) is 6.20. The number of thiocarbonyl (C=S) groups is 1. The van der Waals surface area contributed by atoms with Crippen molar-refractivity contribution >= 4 is 40.4 Å². The van der Waals surface area contributed by atoms with Crippen LogP contribution < -0.4 is 11.1 Å². The number of anilines is 1. The van der Waals surface area contributed by atoms with E-state index < -0.39 is 11.7 Å². The highest BCUT2D eigenvalue weighted by Crippen LogP contribution is 2.22. The summed E-state index contributed by atoms with van der Waals surface area (Å²) in [5.74, 6) is -1.38. The number of benzene rings is 2. The van der Waals surface area contributed by atoms with Crippen LogP contribution in [-0.2, 0) is 0 Å². The van der Waals surface area contributed by atoms with E-state index in [0.717, 1.165) is 5.56 Å². The Balaban J connectivity index is 2.39. The molecule has 0 heterocycles. The van der Waals surface area contributed by atoms with Crippen LogP contribution in [0.5, 0.6) is 0 Å². The summed E-state index contributed by atoms with van der Waals surface area (Å²) in [6, 6.07) is 9.46. The van der Waals surface area contributed by atoms with E-state index in [2.05, 4.69) is 5.32 Å². The van der Waals surface area contributed by atoms with E-state index >= 15 is 0 Å². The maximum absolute atomic E-state index is 13.8. The summed E-state index contributed by atoms with van der Waals surface area (Å²) in [6.45, 7) is 1.82. The summed E-state index contributed by atoms with van der Waals surface area (Å²) >= 11 is 10.7. The number of rotatable bonds is 3. The number of aryl methyl sites for hydroxylation is 1. The number of hydrogen-bond acceptors (Lipinski definition) is 2. The van der Waals surface area contributed by atoms with Crippen molar-refractivity contribution in [2.75, 3.05) is 5.32 Å². The SMILES string of the molecule is Cc1cccc(NC(=O)c2cccc(Cl)c2F)c1C(N)=S. The summed E-state index contributed by atoms with van der Waals surface area (Å²) in [5.41, 5.74) is 7.35. The van der Waals surface area contributed by atoms with Gasteiger partial charge in [-0.15, -0.1) is 0 Å². The van der Waals surface area contributed by atoms with Crippen LogP contribution in [0.1, 0.15) is 21.5 Å². The quantitative estimate of drug-likeness (QED) is 0.848. The third kappa shape index (κ3) is 3.20. The van der Waals surface area contributed by atoms with Gasteiger partial charge in [-0.25, -0.2) is 4.39 Å². The predicted octanol–water partition coefficient (Wildman–Crippen LogP) is 3.67. The highest BCUT2D eigenvalue weighted by molar-refractivity contribution is 7.80. The van der Waals surface area contributed by atoms with Crippen LogP contribution in [0.2, 0.25) is 5.02 Å². The Morgan fingerprint density at radius 3 is 2.62 bits per heavy atom. The Hall–Kier alpha value is -1.98. The number of halogens is 2. The molecule has 0 unspecified atom stereocenters. The Labute approximate surface area is 131 Å². The van der Waals surface area contributed by atoms with E-state index in [0.29, 0.717) is 11.3 Å². The average molecular weight is 323 g/mol. The number of carbonyl (C=O) groups is 1. The van der Waals surface area contributed by atoms with E-state index in [-0.39, 0.29) is 15.6 Å². The second-order valence-electron chi connectivity index (χ2n) is 4.42. The molecule has 2 aromatic carbocycles. The van der Waals surface area contributed by atoms with Crippen LogP contribution in [0.3, 0.4) is 0 Å². The summed E-state index contributed by atoms with van der Waals surface area (Å²) in [6.07, 6.45) is 0. The van der Waals surface area contributed by atoms with Gasteiger partial charge in [0, 0.05) is 5.56 Å². The van der Waals surface area contributed by atoms with Gasteiger partial charge >= 0.3 is 0 Å². The fourth-order valence-corrected chi connectivity index (χ4v) is 2.41. The van der Waals surface area contributed by atoms with Gasteiger partial charge in [0.1, 0.15) is 4.99 Å². The van der Waals surface area contributed by atoms with Crippen LogP contribution in [0.15, 0.2) is 36.4 Å². The molecule has 0 aliphatic heterocycles. The van der Waals surface area contributed by atoms with Crippen molar-refractivity contribution < 1.29 is 9.18 Å². The third-order valence-corrected chi connectivity index (χ3v) is 3.46. The van der Waals surface area contributed by atoms with Crippen molar-refractivity contribution in [2.45, 2.75) is 6.92 Å². The molecule has 0 aliphatic carbocycles. The van der Waals surface area contributed by atoms with Crippen LogP contribution in [0.4, 0.5) is 10.1 Å². The van der Waals surface area contributed by atoms with Crippen molar-refractivity contribution in [1.82, 2.24) is 0 Å². The van der Waals surface area contributed by atoms with Gasteiger partial charge in [0.05, 0.1) is 16.3 Å². The lowest BCUT2D eigenvalue weighted by Gasteiger charge is -2.13. The number of nitrogens with one attached hydrogen (secondary N) is 1. The Kier molecular flexibility index (Phi) is 4.55. The minimum atomic E-state index is -0.763. The monoisotopic (exact) mass is 322 g/mol. The fourth-order valence-electron chi connectivity index (χ4n) is 1.97. The second-order valence-corrected chi connectivity index (χ2v) is 5.26. The smallest absolute Gasteiger partial charge is 0.258 e. The van der Waals surface area contributed by atoms with Crippen LogP contribution in [-0.4, -0.2) is 10.9 Å². The number of hydrogen-bond donors (Lipinski definition) is 2. The minimum Gasteiger partial charge on any atom is -0.389 e. The van der Waals surface area contributed by atoms with Gasteiger partial charge in [0.15, 0.2) is 5.82 Å². The molecular weight excluding hydrogens is 311 g/mol. The van der Waals surface area contributed by atoms with E-state index in [4.69, 9.17) is 29.6 Å². The van der Waals surface area contributed by atoms with Crippen molar-refractivity contribution in [1.29, 1.82) is 0 Å². The number of carbonyl (C=O) groups excluding carboxylic acids is 1. The molecule has 0 aliphatic rings. The lowest BCUT2D eigenvalue weighted by atomic mass is 10.1. The van der Waals surface area contributed by atoms with Crippen molar-refractivity contribution in [3.05, 3.63) is 63.9 Å². The first kappa shape index (κ1) is 15.4. The highest BCUT2D eigenvalue weighted by Gasteiger charge is 2.16.